The number of rotatable bonds is 3. The van der Waals surface area contributed by atoms with Crippen LogP contribution in [0.3, 0.4) is 0 Å². The molecule has 8 nitrogen and oxygen atoms in total. The normalized spacial score (nSPS) is 6.86. The van der Waals surface area contributed by atoms with E-state index in [2.05, 4.69) is 0 Å². The van der Waals surface area contributed by atoms with Gasteiger partial charge in [-0.15, -0.1) is 0 Å². The predicted molar refractivity (Wildman–Crippen MR) is 87.8 cm³/mol. The Kier molecular flexibility index (Phi) is 122. The van der Waals surface area contributed by atoms with Gasteiger partial charge < -0.3 is 35.7 Å². The lowest BCUT2D eigenvalue weighted by molar-refractivity contribution is -0.137. The van der Waals surface area contributed by atoms with Crippen LogP contribution in [0.5, 0.6) is 0 Å². The van der Waals surface area contributed by atoms with Gasteiger partial charge in [-0.05, 0) is 41.0 Å². The largest absolute Gasteiger partial charge is 0.481 e. The van der Waals surface area contributed by atoms with Crippen LogP contribution in [-0.2, 0) is 4.79 Å². The molecule has 0 saturated heterocycles. The van der Waals surface area contributed by atoms with Gasteiger partial charge in [-0.3, -0.25) is 4.79 Å². The second kappa shape index (κ2) is 71.5. The molecule has 7 N–H and O–H groups in total. The van der Waals surface area contributed by atoms with Crippen LogP contribution >= 0.6 is 0 Å². The summed E-state index contributed by atoms with van der Waals surface area (Å²) in [7, 11) is 0. The van der Waals surface area contributed by atoms with E-state index < -0.39 is 5.97 Å². The Labute approximate surface area is 134 Å². The highest BCUT2D eigenvalue weighted by molar-refractivity contribution is 5.66. The van der Waals surface area contributed by atoms with Crippen molar-refractivity contribution < 1.29 is 40.5 Å². The van der Waals surface area contributed by atoms with Crippen LogP contribution in [0.15, 0.2) is 0 Å². The zero-order valence-electron chi connectivity index (χ0n) is 14.7. The first kappa shape index (κ1) is 37.5. The lowest BCUT2D eigenvalue weighted by Gasteiger charge is -1.85. The van der Waals surface area contributed by atoms with Crippen molar-refractivity contribution >= 4 is 5.97 Å². The quantitative estimate of drug-likeness (QED) is 0.375. The molecule has 0 radical (unpaired) electrons. The fourth-order valence-electron chi connectivity index (χ4n) is 0.230. The highest BCUT2D eigenvalue weighted by Gasteiger charge is 1.91. The fourth-order valence-corrected chi connectivity index (χ4v) is 0.230. The molecule has 8 heteroatoms. The zero-order chi connectivity index (χ0) is 19.2. The number of carboxylic acids is 1. The van der Waals surface area contributed by atoms with E-state index >= 15 is 0 Å². The Hall–Kier alpha value is -0.770. The van der Waals surface area contributed by atoms with Crippen molar-refractivity contribution in [3.8, 4) is 0 Å². The molecule has 0 unspecified atom stereocenters. The maximum atomic E-state index is 9.65. The summed E-state index contributed by atoms with van der Waals surface area (Å²) >= 11 is 0. The number of carbonyl (C=O) groups is 1. The number of hydrogen-bond acceptors (Lipinski definition) is 7. The van der Waals surface area contributed by atoms with E-state index in [4.69, 9.17) is 35.7 Å². The van der Waals surface area contributed by atoms with Crippen molar-refractivity contribution in [3.63, 3.8) is 0 Å². The number of aliphatic hydroxyl groups excluding tert-OH is 6. The van der Waals surface area contributed by atoms with E-state index in [-0.39, 0.29) is 46.1 Å². The number of carboxylic acid groups (broad SMARTS) is 1. The van der Waals surface area contributed by atoms with E-state index in [1.807, 2.05) is 0 Å². The topological polar surface area (TPSA) is 159 Å². The van der Waals surface area contributed by atoms with Gasteiger partial charge in [-0.1, -0.05) is 0 Å². The van der Waals surface area contributed by atoms with Gasteiger partial charge in [0.1, 0.15) is 0 Å². The molecule has 0 bridgehead atoms. The van der Waals surface area contributed by atoms with Crippen LogP contribution < -0.4 is 0 Å². The van der Waals surface area contributed by atoms with E-state index in [1.54, 1.807) is 34.6 Å². The maximum Gasteiger partial charge on any atom is 0.303 e. The Bertz CT molecular complexity index is 112. The molecule has 142 valence electrons. The van der Waals surface area contributed by atoms with E-state index in [9.17, 15) is 4.79 Å². The summed E-state index contributed by atoms with van der Waals surface area (Å²) in [6.07, 6.45) is 0.422. The molecule has 0 rings (SSSR count). The number of aliphatic hydroxyl groups is 6. The third kappa shape index (κ3) is 613. The van der Waals surface area contributed by atoms with Gasteiger partial charge in [-0.25, -0.2) is 0 Å². The predicted octanol–water partition coefficient (Wildman–Crippen LogP) is -0.163. The molecule has 0 aliphatic carbocycles. The van der Waals surface area contributed by atoms with Crippen molar-refractivity contribution in [1.29, 1.82) is 0 Å². The average Bonchev–Trinajstić information content (AvgIpc) is 2.41. The number of hydrogen-bond donors (Lipinski definition) is 7. The molecule has 22 heavy (non-hydrogen) atoms. The molecule has 0 aromatic carbocycles. The maximum absolute atomic E-state index is 9.65. The lowest BCUT2D eigenvalue weighted by atomic mass is 10.3. The highest BCUT2D eigenvalue weighted by Crippen LogP contribution is 1.83. The first-order chi connectivity index (χ1) is 10.3. The lowest BCUT2D eigenvalue weighted by Crippen LogP contribution is -1.95. The summed E-state index contributed by atoms with van der Waals surface area (Å²) in [6, 6.07) is 0. The molecule has 0 aliphatic rings. The van der Waals surface area contributed by atoms with Crippen LogP contribution in [-0.4, -0.2) is 81.4 Å². The Morgan fingerprint density at radius 2 is 0.818 bits per heavy atom. The van der Waals surface area contributed by atoms with Gasteiger partial charge in [-0.2, -0.15) is 0 Å². The van der Waals surface area contributed by atoms with E-state index in [1.165, 1.54) is 0 Å². The van der Waals surface area contributed by atoms with Crippen molar-refractivity contribution in [1.82, 2.24) is 0 Å². The van der Waals surface area contributed by atoms with Crippen LogP contribution in [0.1, 0.15) is 47.5 Å². The minimum atomic E-state index is -0.853. The molecule has 0 amide bonds. The van der Waals surface area contributed by atoms with Gasteiger partial charge in [0.2, 0.25) is 0 Å². The fraction of sp³-hybridized carbons (Fsp3) is 0.929. The summed E-state index contributed by atoms with van der Waals surface area (Å²) in [5.74, 6) is -0.853. The van der Waals surface area contributed by atoms with Gasteiger partial charge in [0, 0.05) is 46.1 Å². The van der Waals surface area contributed by atoms with Gasteiger partial charge >= 0.3 is 5.97 Å². The minimum Gasteiger partial charge on any atom is -0.481 e. The second-order valence-corrected chi connectivity index (χ2v) is 2.80. The van der Waals surface area contributed by atoms with Crippen molar-refractivity contribution in [2.45, 2.75) is 47.5 Å². The SMILES string of the molecule is CCO.CCO.CCO.CCO.CCO.O=C(O)CCCO. The Balaban J connectivity index is -0.0000000371. The summed E-state index contributed by atoms with van der Waals surface area (Å²) in [5, 5.41) is 53.8. The molecular weight excluding hydrogens is 296 g/mol. The molecule has 0 aromatic rings. The summed E-state index contributed by atoms with van der Waals surface area (Å²) < 4.78 is 0. The highest BCUT2D eigenvalue weighted by atomic mass is 16.4. The Morgan fingerprint density at radius 1 is 0.636 bits per heavy atom. The summed E-state index contributed by atoms with van der Waals surface area (Å²) in [4.78, 5) is 9.65. The molecule has 0 spiro atoms. The van der Waals surface area contributed by atoms with Gasteiger partial charge in [0.15, 0.2) is 0 Å². The monoisotopic (exact) mass is 334 g/mol. The molecule has 0 fully saturated rings. The van der Waals surface area contributed by atoms with E-state index in [0.717, 1.165) is 0 Å². The van der Waals surface area contributed by atoms with Crippen molar-refractivity contribution in [2.75, 3.05) is 39.6 Å². The van der Waals surface area contributed by atoms with Crippen molar-refractivity contribution in [2.24, 2.45) is 0 Å². The summed E-state index contributed by atoms with van der Waals surface area (Å²) in [6.45, 7) is 9.62. The number of aliphatic carboxylic acids is 1. The smallest absolute Gasteiger partial charge is 0.303 e. The van der Waals surface area contributed by atoms with Crippen LogP contribution in [0.4, 0.5) is 0 Å². The third-order valence-electron chi connectivity index (χ3n) is 0.549. The molecule has 0 heterocycles. The zero-order valence-corrected chi connectivity index (χ0v) is 14.7. The minimum absolute atomic E-state index is 0.0354. The third-order valence-corrected chi connectivity index (χ3v) is 0.549. The van der Waals surface area contributed by atoms with Gasteiger partial charge in [0.25, 0.3) is 0 Å². The first-order valence-corrected chi connectivity index (χ1v) is 7.21. The van der Waals surface area contributed by atoms with Crippen molar-refractivity contribution in [3.05, 3.63) is 0 Å². The van der Waals surface area contributed by atoms with Crippen LogP contribution in [0, 0.1) is 0 Å². The van der Waals surface area contributed by atoms with Gasteiger partial charge in [0.05, 0.1) is 0 Å². The van der Waals surface area contributed by atoms with Crippen LogP contribution in [0.25, 0.3) is 0 Å². The standard InChI is InChI=1S/C4H8O3.5C2H6O/c5-3-1-2-4(6)7;5*1-2-3/h5H,1-3H2,(H,6,7);5*3H,2H2,1H3. The average molecular weight is 334 g/mol. The molecule has 0 saturated carbocycles. The van der Waals surface area contributed by atoms with Crippen LogP contribution in [0.2, 0.25) is 0 Å². The molecule has 0 aliphatic heterocycles. The molecule has 0 atom stereocenters. The second-order valence-electron chi connectivity index (χ2n) is 2.80. The summed E-state index contributed by atoms with van der Waals surface area (Å²) in [5.41, 5.74) is 0. The molecular formula is C14H38O8. The Morgan fingerprint density at radius 3 is 0.864 bits per heavy atom. The van der Waals surface area contributed by atoms with E-state index in [0.29, 0.717) is 6.42 Å². The molecule has 0 aromatic heterocycles. The first-order valence-electron chi connectivity index (χ1n) is 7.21.